The maximum absolute atomic E-state index is 12.9. The second-order valence-electron chi connectivity index (χ2n) is 3.98. The van der Waals surface area contributed by atoms with Crippen molar-refractivity contribution in [1.82, 2.24) is 0 Å². The molecular weight excluding hydrogens is 229 g/mol. The van der Waals surface area contributed by atoms with E-state index >= 15 is 0 Å². The summed E-state index contributed by atoms with van der Waals surface area (Å²) in [7, 11) is 0. The molecule has 0 aromatic heterocycles. The molecule has 0 atom stereocenters. The molecule has 18 heavy (non-hydrogen) atoms. The van der Waals surface area contributed by atoms with Crippen molar-refractivity contribution in [3.05, 3.63) is 66.0 Å². The van der Waals surface area contributed by atoms with Gasteiger partial charge < -0.3 is 10.1 Å². The van der Waals surface area contributed by atoms with Gasteiger partial charge in [0.25, 0.3) is 0 Å². The van der Waals surface area contributed by atoms with Crippen LogP contribution in [0.4, 0.5) is 10.1 Å². The highest BCUT2D eigenvalue weighted by Gasteiger charge is 1.95. The van der Waals surface area contributed by atoms with E-state index in [1.165, 1.54) is 12.1 Å². The lowest BCUT2D eigenvalue weighted by Gasteiger charge is -2.07. The average molecular weight is 245 g/mol. The van der Waals surface area contributed by atoms with E-state index in [1.807, 2.05) is 36.4 Å². The number of ether oxygens (including phenoxy) is 1. The Morgan fingerprint density at radius 3 is 2.61 bits per heavy atom. The lowest BCUT2D eigenvalue weighted by Crippen LogP contribution is -2.09. The molecule has 2 aromatic carbocycles. The van der Waals surface area contributed by atoms with Crippen molar-refractivity contribution in [1.29, 1.82) is 0 Å². The summed E-state index contributed by atoms with van der Waals surface area (Å²) < 4.78 is 18.4. The van der Waals surface area contributed by atoms with Gasteiger partial charge in [-0.15, -0.1) is 0 Å². The van der Waals surface area contributed by atoms with Gasteiger partial charge in [0.1, 0.15) is 5.82 Å². The Labute approximate surface area is 106 Å². The summed E-state index contributed by atoms with van der Waals surface area (Å²) in [6, 6.07) is 16.4. The van der Waals surface area contributed by atoms with E-state index in [1.54, 1.807) is 6.07 Å². The molecule has 0 spiro atoms. The Hall–Kier alpha value is -1.87. The zero-order valence-corrected chi connectivity index (χ0v) is 10.1. The predicted molar refractivity (Wildman–Crippen MR) is 71.0 cm³/mol. The molecule has 2 nitrogen and oxygen atoms in total. The molecule has 0 bridgehead atoms. The van der Waals surface area contributed by atoms with Gasteiger partial charge in [-0.25, -0.2) is 4.39 Å². The minimum absolute atomic E-state index is 0.231. The summed E-state index contributed by atoms with van der Waals surface area (Å²) in [6.45, 7) is 1.85. The third-order valence-corrected chi connectivity index (χ3v) is 2.51. The quantitative estimate of drug-likeness (QED) is 0.787. The number of halogens is 1. The number of rotatable bonds is 6. The first kappa shape index (κ1) is 12.6. The van der Waals surface area contributed by atoms with Crippen LogP contribution in [0.3, 0.4) is 0 Å². The molecule has 0 amide bonds. The number of benzene rings is 2. The van der Waals surface area contributed by atoms with Crippen LogP contribution >= 0.6 is 0 Å². The molecule has 0 unspecified atom stereocenters. The Bertz CT molecular complexity index is 473. The number of anilines is 1. The fraction of sp³-hybridized carbons (Fsp3) is 0.200. The highest BCUT2D eigenvalue weighted by molar-refractivity contribution is 5.42. The second-order valence-corrected chi connectivity index (χ2v) is 3.98. The SMILES string of the molecule is Fc1cccc(NCCOCc2ccccc2)c1. The van der Waals surface area contributed by atoms with E-state index in [9.17, 15) is 4.39 Å². The minimum atomic E-state index is -0.231. The maximum atomic E-state index is 12.9. The van der Waals surface area contributed by atoms with Crippen molar-refractivity contribution >= 4 is 5.69 Å². The van der Waals surface area contributed by atoms with Gasteiger partial charge in [-0.05, 0) is 23.8 Å². The van der Waals surface area contributed by atoms with Crippen molar-refractivity contribution < 1.29 is 9.13 Å². The van der Waals surface area contributed by atoms with Gasteiger partial charge in [-0.2, -0.15) is 0 Å². The van der Waals surface area contributed by atoms with E-state index in [0.29, 0.717) is 19.8 Å². The van der Waals surface area contributed by atoms with Crippen LogP contribution in [0.5, 0.6) is 0 Å². The molecule has 0 saturated heterocycles. The molecule has 0 aliphatic heterocycles. The van der Waals surface area contributed by atoms with Crippen LogP contribution in [0.2, 0.25) is 0 Å². The third kappa shape index (κ3) is 4.18. The molecule has 0 aliphatic rings. The van der Waals surface area contributed by atoms with Crippen LogP contribution in [0.1, 0.15) is 5.56 Å². The Kier molecular flexibility index (Phi) is 4.73. The smallest absolute Gasteiger partial charge is 0.125 e. The highest BCUT2D eigenvalue weighted by atomic mass is 19.1. The summed E-state index contributed by atoms with van der Waals surface area (Å²) >= 11 is 0. The average Bonchev–Trinajstić information content (AvgIpc) is 2.40. The van der Waals surface area contributed by atoms with Gasteiger partial charge in [0, 0.05) is 12.2 Å². The Morgan fingerprint density at radius 1 is 1.00 bits per heavy atom. The van der Waals surface area contributed by atoms with Gasteiger partial charge in [0.2, 0.25) is 0 Å². The molecule has 0 aliphatic carbocycles. The first-order valence-corrected chi connectivity index (χ1v) is 5.96. The van der Waals surface area contributed by atoms with Gasteiger partial charge in [0.05, 0.1) is 13.2 Å². The summed E-state index contributed by atoms with van der Waals surface area (Å²) in [5.74, 6) is -0.231. The zero-order valence-electron chi connectivity index (χ0n) is 10.1. The van der Waals surface area contributed by atoms with Crippen LogP contribution in [0, 0.1) is 5.82 Å². The molecule has 1 N–H and O–H groups in total. The first-order valence-electron chi connectivity index (χ1n) is 5.96. The number of hydrogen-bond donors (Lipinski definition) is 1. The number of hydrogen-bond acceptors (Lipinski definition) is 2. The second kappa shape index (κ2) is 6.77. The lowest BCUT2D eigenvalue weighted by molar-refractivity contribution is 0.130. The van der Waals surface area contributed by atoms with Crippen LogP contribution in [-0.2, 0) is 11.3 Å². The largest absolute Gasteiger partial charge is 0.383 e. The van der Waals surface area contributed by atoms with Crippen molar-refractivity contribution in [2.75, 3.05) is 18.5 Å². The Morgan fingerprint density at radius 2 is 1.83 bits per heavy atom. The standard InChI is InChI=1S/C15H16FNO/c16-14-7-4-8-15(11-14)17-9-10-18-12-13-5-2-1-3-6-13/h1-8,11,17H,9-10,12H2. The molecule has 2 aromatic rings. The van der Waals surface area contributed by atoms with E-state index in [2.05, 4.69) is 5.32 Å². The topological polar surface area (TPSA) is 21.3 Å². The monoisotopic (exact) mass is 245 g/mol. The van der Waals surface area contributed by atoms with E-state index in [0.717, 1.165) is 11.3 Å². The fourth-order valence-corrected chi connectivity index (χ4v) is 1.63. The van der Waals surface area contributed by atoms with Crippen molar-refractivity contribution in [2.45, 2.75) is 6.61 Å². The summed E-state index contributed by atoms with van der Waals surface area (Å²) in [5.41, 5.74) is 1.93. The lowest BCUT2D eigenvalue weighted by atomic mass is 10.2. The number of nitrogens with one attached hydrogen (secondary N) is 1. The van der Waals surface area contributed by atoms with Crippen molar-refractivity contribution in [3.8, 4) is 0 Å². The first-order chi connectivity index (χ1) is 8.84. The molecule has 94 valence electrons. The molecular formula is C15H16FNO. The molecule has 0 heterocycles. The van der Waals surface area contributed by atoms with Crippen molar-refractivity contribution in [2.24, 2.45) is 0 Å². The highest BCUT2D eigenvalue weighted by Crippen LogP contribution is 2.08. The molecule has 3 heteroatoms. The van der Waals surface area contributed by atoms with E-state index in [4.69, 9.17) is 4.74 Å². The van der Waals surface area contributed by atoms with Crippen LogP contribution in [-0.4, -0.2) is 13.2 Å². The van der Waals surface area contributed by atoms with E-state index < -0.39 is 0 Å². The predicted octanol–water partition coefficient (Wildman–Crippen LogP) is 3.45. The van der Waals surface area contributed by atoms with Crippen molar-refractivity contribution in [3.63, 3.8) is 0 Å². The summed E-state index contributed by atoms with van der Waals surface area (Å²) in [4.78, 5) is 0. The molecule has 0 radical (unpaired) electrons. The summed E-state index contributed by atoms with van der Waals surface area (Å²) in [6.07, 6.45) is 0. The third-order valence-electron chi connectivity index (χ3n) is 2.51. The van der Waals surface area contributed by atoms with Crippen LogP contribution in [0.25, 0.3) is 0 Å². The van der Waals surface area contributed by atoms with E-state index in [-0.39, 0.29) is 5.82 Å². The van der Waals surface area contributed by atoms with Gasteiger partial charge in [-0.3, -0.25) is 0 Å². The van der Waals surface area contributed by atoms with Crippen LogP contribution < -0.4 is 5.32 Å². The van der Waals surface area contributed by atoms with Gasteiger partial charge in [-0.1, -0.05) is 36.4 Å². The van der Waals surface area contributed by atoms with Gasteiger partial charge >= 0.3 is 0 Å². The fourth-order valence-electron chi connectivity index (χ4n) is 1.63. The Balaban J connectivity index is 1.65. The van der Waals surface area contributed by atoms with Crippen LogP contribution in [0.15, 0.2) is 54.6 Å². The maximum Gasteiger partial charge on any atom is 0.125 e. The zero-order chi connectivity index (χ0) is 12.6. The van der Waals surface area contributed by atoms with Gasteiger partial charge in [0.15, 0.2) is 0 Å². The minimum Gasteiger partial charge on any atom is -0.383 e. The molecule has 0 fully saturated rings. The molecule has 0 saturated carbocycles. The normalized spacial score (nSPS) is 10.3. The summed E-state index contributed by atoms with van der Waals surface area (Å²) in [5, 5.41) is 3.11. The molecule has 2 rings (SSSR count).